The van der Waals surface area contributed by atoms with Gasteiger partial charge in [-0.3, -0.25) is 9.36 Å². The molecule has 168 valence electrons. The molecule has 6 nitrogen and oxygen atoms in total. The summed E-state index contributed by atoms with van der Waals surface area (Å²) in [6.07, 6.45) is 1.40. The molecular weight excluding hydrogens is 475 g/mol. The van der Waals surface area contributed by atoms with E-state index in [1.54, 1.807) is 31.2 Å². The average Bonchev–Trinajstić information content (AvgIpc) is 3.18. The summed E-state index contributed by atoms with van der Waals surface area (Å²) in [5.74, 6) is -1.02. The highest BCUT2D eigenvalue weighted by Gasteiger charge is 2.17. The van der Waals surface area contributed by atoms with Crippen molar-refractivity contribution in [2.75, 3.05) is 0 Å². The summed E-state index contributed by atoms with van der Waals surface area (Å²) < 4.78 is 34.4. The fraction of sp³-hybridized carbons (Fsp3) is 0.0870. The standard InChI is InChI=1S/C23H15Cl2F2N3O3/c1-13-9-16(28-33-13)12-32-29-22(17-7-6-15(26)10-20(17)27)14-5-8-21(31)30(11-14)23-18(24)3-2-4-19(23)25/h2-11H,12H2,1H3. The van der Waals surface area contributed by atoms with Gasteiger partial charge in [-0.25, -0.2) is 8.78 Å². The minimum Gasteiger partial charge on any atom is -0.389 e. The van der Waals surface area contributed by atoms with Crippen LogP contribution in [0.1, 0.15) is 22.6 Å². The highest BCUT2D eigenvalue weighted by Crippen LogP contribution is 2.28. The summed E-state index contributed by atoms with van der Waals surface area (Å²) in [6.45, 7) is 1.67. The molecule has 4 rings (SSSR count). The number of nitrogens with zero attached hydrogens (tertiary/aromatic N) is 3. The van der Waals surface area contributed by atoms with Crippen molar-refractivity contribution in [2.24, 2.45) is 5.16 Å². The predicted octanol–water partition coefficient (Wildman–Crippen LogP) is 5.69. The highest BCUT2D eigenvalue weighted by atomic mass is 35.5. The first-order valence-corrected chi connectivity index (χ1v) is 10.3. The molecule has 0 aliphatic heterocycles. The van der Waals surface area contributed by atoms with Crippen molar-refractivity contribution in [1.29, 1.82) is 0 Å². The lowest BCUT2D eigenvalue weighted by Gasteiger charge is -2.13. The lowest BCUT2D eigenvalue weighted by atomic mass is 10.0. The van der Waals surface area contributed by atoms with E-state index in [4.69, 9.17) is 32.6 Å². The number of rotatable bonds is 6. The molecule has 0 aliphatic rings. The maximum absolute atomic E-state index is 14.7. The number of hydrogen-bond acceptors (Lipinski definition) is 5. The van der Waals surface area contributed by atoms with Gasteiger partial charge in [0.1, 0.15) is 28.8 Å². The van der Waals surface area contributed by atoms with E-state index >= 15 is 0 Å². The van der Waals surface area contributed by atoms with Crippen molar-refractivity contribution < 1.29 is 18.1 Å². The minimum absolute atomic E-state index is 0.0182. The van der Waals surface area contributed by atoms with Gasteiger partial charge in [0.25, 0.3) is 5.56 Å². The van der Waals surface area contributed by atoms with E-state index in [-0.39, 0.29) is 33.6 Å². The van der Waals surface area contributed by atoms with Crippen LogP contribution in [0.25, 0.3) is 5.69 Å². The Morgan fingerprint density at radius 1 is 1.12 bits per heavy atom. The zero-order valence-corrected chi connectivity index (χ0v) is 18.6. The number of oxime groups is 1. The van der Waals surface area contributed by atoms with Crippen LogP contribution in [-0.2, 0) is 11.4 Å². The van der Waals surface area contributed by atoms with Crippen LogP contribution in [0, 0.1) is 18.6 Å². The molecule has 33 heavy (non-hydrogen) atoms. The van der Waals surface area contributed by atoms with E-state index in [1.165, 1.54) is 29.0 Å². The number of hydrogen-bond donors (Lipinski definition) is 0. The first kappa shape index (κ1) is 22.7. The smallest absolute Gasteiger partial charge is 0.255 e. The second-order valence-electron chi connectivity index (χ2n) is 6.96. The summed E-state index contributed by atoms with van der Waals surface area (Å²) in [5, 5.41) is 8.35. The number of para-hydroxylation sites is 1. The van der Waals surface area contributed by atoms with Gasteiger partial charge in [-0.05, 0) is 37.3 Å². The van der Waals surface area contributed by atoms with Crippen LogP contribution < -0.4 is 5.56 Å². The van der Waals surface area contributed by atoms with E-state index in [9.17, 15) is 13.6 Å². The lowest BCUT2D eigenvalue weighted by Crippen LogP contribution is -2.20. The van der Waals surface area contributed by atoms with Crippen molar-refractivity contribution in [3.8, 4) is 5.69 Å². The van der Waals surface area contributed by atoms with E-state index in [0.29, 0.717) is 17.0 Å². The number of pyridine rings is 1. The first-order chi connectivity index (χ1) is 15.8. The number of aryl methyl sites for hydroxylation is 1. The van der Waals surface area contributed by atoms with Gasteiger partial charge in [0, 0.05) is 35.5 Å². The van der Waals surface area contributed by atoms with Crippen molar-refractivity contribution >= 4 is 28.9 Å². The van der Waals surface area contributed by atoms with Crippen LogP contribution in [0.3, 0.4) is 0 Å². The van der Waals surface area contributed by atoms with Crippen LogP contribution in [0.2, 0.25) is 10.0 Å². The molecule has 2 heterocycles. The Bertz CT molecular complexity index is 1400. The molecule has 0 spiro atoms. The van der Waals surface area contributed by atoms with Crippen LogP contribution in [0.4, 0.5) is 8.78 Å². The van der Waals surface area contributed by atoms with E-state index in [0.717, 1.165) is 12.1 Å². The van der Waals surface area contributed by atoms with Crippen molar-refractivity contribution in [1.82, 2.24) is 9.72 Å². The largest absolute Gasteiger partial charge is 0.389 e. The molecule has 0 amide bonds. The third-order valence-corrected chi connectivity index (χ3v) is 5.20. The molecule has 0 saturated heterocycles. The Labute approximate surface area is 196 Å². The van der Waals surface area contributed by atoms with Crippen LogP contribution in [0.5, 0.6) is 0 Å². The van der Waals surface area contributed by atoms with E-state index in [2.05, 4.69) is 10.3 Å². The topological polar surface area (TPSA) is 69.6 Å². The van der Waals surface area contributed by atoms with Crippen LogP contribution >= 0.6 is 23.2 Å². The molecule has 10 heteroatoms. The van der Waals surface area contributed by atoms with Gasteiger partial charge in [-0.2, -0.15) is 0 Å². The normalized spacial score (nSPS) is 11.6. The van der Waals surface area contributed by atoms with Gasteiger partial charge in [0.15, 0.2) is 6.61 Å². The first-order valence-electron chi connectivity index (χ1n) is 9.58. The van der Waals surface area contributed by atoms with E-state index < -0.39 is 17.2 Å². The molecule has 0 aliphatic carbocycles. The second-order valence-corrected chi connectivity index (χ2v) is 7.78. The van der Waals surface area contributed by atoms with Crippen molar-refractivity contribution in [3.63, 3.8) is 0 Å². The Morgan fingerprint density at radius 3 is 2.55 bits per heavy atom. The van der Waals surface area contributed by atoms with Crippen LogP contribution in [0.15, 0.2) is 75.3 Å². The molecule has 2 aromatic carbocycles. The molecule has 2 aromatic heterocycles. The monoisotopic (exact) mass is 489 g/mol. The molecule has 0 bridgehead atoms. The Balaban J connectivity index is 1.81. The Kier molecular flexibility index (Phi) is 6.57. The predicted molar refractivity (Wildman–Crippen MR) is 120 cm³/mol. The zero-order valence-electron chi connectivity index (χ0n) is 17.1. The summed E-state index contributed by atoms with van der Waals surface area (Å²) in [4.78, 5) is 18.0. The quantitative estimate of drug-likeness (QED) is 0.257. The lowest BCUT2D eigenvalue weighted by molar-refractivity contribution is 0.125. The Morgan fingerprint density at radius 2 is 1.88 bits per heavy atom. The molecule has 4 aromatic rings. The third kappa shape index (κ3) is 4.97. The van der Waals surface area contributed by atoms with Gasteiger partial charge in [-0.1, -0.05) is 39.6 Å². The summed E-state index contributed by atoms with van der Waals surface area (Å²) >= 11 is 12.5. The molecule has 0 atom stereocenters. The van der Waals surface area contributed by atoms with Gasteiger partial charge in [0.05, 0.1) is 15.7 Å². The van der Waals surface area contributed by atoms with Crippen molar-refractivity contribution in [3.05, 3.63) is 115 Å². The summed E-state index contributed by atoms with van der Waals surface area (Å²) in [5.41, 5.74) is 0.584. The van der Waals surface area contributed by atoms with Gasteiger partial charge >= 0.3 is 0 Å². The molecule has 0 radical (unpaired) electrons. The van der Waals surface area contributed by atoms with Crippen LogP contribution in [-0.4, -0.2) is 15.4 Å². The number of halogens is 4. The molecular formula is C23H15Cl2F2N3O3. The molecule has 0 fully saturated rings. The highest BCUT2D eigenvalue weighted by molar-refractivity contribution is 6.37. The van der Waals surface area contributed by atoms with Gasteiger partial charge in [0.2, 0.25) is 0 Å². The Hall–Kier alpha value is -3.49. The average molecular weight is 490 g/mol. The molecule has 0 saturated carbocycles. The SMILES string of the molecule is Cc1cc(CON=C(c2ccc(=O)n(-c3c(Cl)cccc3Cl)c2)c2ccc(F)cc2F)no1. The second kappa shape index (κ2) is 9.56. The number of benzene rings is 2. The number of aromatic nitrogens is 2. The minimum atomic E-state index is -0.858. The maximum atomic E-state index is 14.7. The summed E-state index contributed by atoms with van der Waals surface area (Å²) in [7, 11) is 0. The third-order valence-electron chi connectivity index (χ3n) is 4.59. The maximum Gasteiger partial charge on any atom is 0.255 e. The fourth-order valence-electron chi connectivity index (χ4n) is 3.11. The zero-order chi connectivity index (χ0) is 23.5. The van der Waals surface area contributed by atoms with Crippen molar-refractivity contribution in [2.45, 2.75) is 13.5 Å². The fourth-order valence-corrected chi connectivity index (χ4v) is 3.69. The summed E-state index contributed by atoms with van der Waals surface area (Å²) in [6, 6.07) is 12.2. The molecule has 0 unspecified atom stereocenters. The van der Waals surface area contributed by atoms with Gasteiger partial charge in [-0.15, -0.1) is 0 Å². The van der Waals surface area contributed by atoms with Gasteiger partial charge < -0.3 is 9.36 Å². The molecule has 0 N–H and O–H groups in total. The van der Waals surface area contributed by atoms with E-state index in [1.807, 2.05) is 0 Å².